The van der Waals surface area contributed by atoms with E-state index in [1.165, 1.54) is 30.3 Å². The zero-order chi connectivity index (χ0) is 20.9. The van der Waals surface area contributed by atoms with Gasteiger partial charge in [-0.3, -0.25) is 9.59 Å². The molecule has 0 aliphatic carbocycles. The van der Waals surface area contributed by atoms with Crippen molar-refractivity contribution in [2.24, 2.45) is 0 Å². The van der Waals surface area contributed by atoms with Crippen molar-refractivity contribution in [3.63, 3.8) is 0 Å². The van der Waals surface area contributed by atoms with Gasteiger partial charge in [0.1, 0.15) is 5.76 Å². The molecular weight excluding hydrogens is 395 g/mol. The summed E-state index contributed by atoms with van der Waals surface area (Å²) in [6.45, 7) is 4.11. The second-order valence-electron chi connectivity index (χ2n) is 6.30. The lowest BCUT2D eigenvalue weighted by Gasteiger charge is -2.33. The molecule has 0 unspecified atom stereocenters. The molecule has 0 radical (unpaired) electrons. The Labute approximate surface area is 164 Å². The number of thioether (sulfide) groups is 1. The maximum absolute atomic E-state index is 13.6. The lowest BCUT2D eigenvalue weighted by molar-refractivity contribution is -0.196. The van der Waals surface area contributed by atoms with Gasteiger partial charge in [-0.25, -0.2) is 0 Å². The molecule has 0 bridgehead atoms. The molecule has 2 rings (SSSR count). The van der Waals surface area contributed by atoms with Crippen molar-refractivity contribution >= 4 is 29.4 Å². The first kappa shape index (κ1) is 21.8. The first-order chi connectivity index (χ1) is 13.0. The van der Waals surface area contributed by atoms with Crippen LogP contribution < -0.4 is 10.6 Å². The number of benzene rings is 1. The van der Waals surface area contributed by atoms with Gasteiger partial charge in [-0.05, 0) is 26.3 Å². The maximum atomic E-state index is 13.6. The molecule has 0 spiro atoms. The number of nitrogens with one attached hydrogen (secondary N) is 2. The number of carbonyl (C=O) groups excluding carboxylic acids is 2. The van der Waals surface area contributed by atoms with Gasteiger partial charge >= 0.3 is 6.18 Å². The Hall–Kier alpha value is -2.49. The Kier molecular flexibility index (Phi) is 6.76. The minimum absolute atomic E-state index is 0.0759. The summed E-state index contributed by atoms with van der Waals surface area (Å²) in [5, 5.41) is 7.50. The summed E-state index contributed by atoms with van der Waals surface area (Å²) in [5.41, 5.74) is -2.61. The Balaban J connectivity index is 1.96. The largest absolute Gasteiger partial charge is 0.415 e. The minimum atomic E-state index is -4.69. The fraction of sp³-hybridized carbons (Fsp3) is 0.389. The zero-order valence-electron chi connectivity index (χ0n) is 15.5. The number of hydrogen-bond donors (Lipinski definition) is 2. The molecule has 0 saturated carbocycles. The van der Waals surface area contributed by atoms with Gasteiger partial charge in [0.2, 0.25) is 11.8 Å². The van der Waals surface area contributed by atoms with E-state index in [4.69, 9.17) is 4.52 Å². The summed E-state index contributed by atoms with van der Waals surface area (Å²) < 4.78 is 45.7. The molecule has 0 fully saturated rings. The van der Waals surface area contributed by atoms with Crippen LogP contribution in [-0.2, 0) is 15.1 Å². The number of rotatable bonds is 7. The molecule has 10 heteroatoms. The van der Waals surface area contributed by atoms with Crippen LogP contribution in [0.2, 0.25) is 0 Å². The fourth-order valence-corrected chi connectivity index (χ4v) is 3.01. The van der Waals surface area contributed by atoms with Gasteiger partial charge in [-0.1, -0.05) is 35.5 Å². The van der Waals surface area contributed by atoms with Gasteiger partial charge in [0.25, 0.3) is 0 Å². The van der Waals surface area contributed by atoms with Gasteiger partial charge in [0.05, 0.1) is 11.0 Å². The van der Waals surface area contributed by atoms with Gasteiger partial charge in [-0.15, -0.1) is 11.8 Å². The van der Waals surface area contributed by atoms with Gasteiger partial charge < -0.3 is 15.2 Å². The third-order valence-corrected chi connectivity index (χ3v) is 5.16. The highest BCUT2D eigenvalue weighted by Crippen LogP contribution is 2.38. The summed E-state index contributed by atoms with van der Waals surface area (Å²) in [7, 11) is 0. The van der Waals surface area contributed by atoms with Crippen LogP contribution in [0.15, 0.2) is 40.9 Å². The number of carbonyl (C=O) groups is 2. The van der Waals surface area contributed by atoms with Crippen LogP contribution in [0.3, 0.4) is 0 Å². The smallest absolute Gasteiger partial charge is 0.360 e. The van der Waals surface area contributed by atoms with E-state index >= 15 is 0 Å². The van der Waals surface area contributed by atoms with Gasteiger partial charge in [-0.2, -0.15) is 13.2 Å². The molecule has 6 nitrogen and oxygen atoms in total. The third kappa shape index (κ3) is 5.28. The highest BCUT2D eigenvalue weighted by Gasteiger charge is 2.53. The second kappa shape index (κ2) is 8.68. The van der Waals surface area contributed by atoms with E-state index in [1.54, 1.807) is 19.9 Å². The molecule has 2 amide bonds. The summed E-state index contributed by atoms with van der Waals surface area (Å²) >= 11 is 0.915. The topological polar surface area (TPSA) is 84.2 Å². The van der Waals surface area contributed by atoms with Crippen molar-refractivity contribution in [3.05, 3.63) is 47.7 Å². The summed E-state index contributed by atoms with van der Waals surface area (Å²) in [4.78, 5) is 24.3. The molecule has 2 atom stereocenters. The number of amides is 2. The molecule has 1 aromatic heterocycles. The lowest BCUT2D eigenvalue weighted by Crippen LogP contribution is -2.54. The highest BCUT2D eigenvalue weighted by atomic mass is 32.2. The van der Waals surface area contributed by atoms with Gasteiger partial charge in [0, 0.05) is 6.07 Å². The molecule has 1 heterocycles. The molecule has 1 aromatic carbocycles. The molecule has 2 N–H and O–H groups in total. The number of nitrogens with zero attached hydrogens (tertiary/aromatic N) is 1. The Morgan fingerprint density at radius 2 is 1.89 bits per heavy atom. The first-order valence-corrected chi connectivity index (χ1v) is 9.37. The van der Waals surface area contributed by atoms with Crippen LogP contribution in [0, 0.1) is 6.92 Å². The fourth-order valence-electron chi connectivity index (χ4n) is 2.32. The van der Waals surface area contributed by atoms with E-state index in [1.807, 2.05) is 0 Å². The average Bonchev–Trinajstić information content (AvgIpc) is 3.04. The molecule has 152 valence electrons. The SMILES string of the molecule is Cc1cc(NC(=O)[C@@H](C)SCC(=O)N[C@](C)(c2ccccc2)C(F)(F)F)no1. The predicted octanol–water partition coefficient (Wildman–Crippen LogP) is 3.64. The second-order valence-corrected chi connectivity index (χ2v) is 7.63. The van der Waals surface area contributed by atoms with Crippen LogP contribution in [0.4, 0.5) is 19.0 Å². The van der Waals surface area contributed by atoms with Crippen molar-refractivity contribution in [1.29, 1.82) is 0 Å². The number of alkyl halides is 3. The van der Waals surface area contributed by atoms with Crippen molar-refractivity contribution in [2.45, 2.75) is 37.7 Å². The Bertz CT molecular complexity index is 826. The maximum Gasteiger partial charge on any atom is 0.415 e. The van der Waals surface area contributed by atoms with Crippen LogP contribution >= 0.6 is 11.8 Å². The van der Waals surface area contributed by atoms with Crippen molar-refractivity contribution in [1.82, 2.24) is 10.5 Å². The van der Waals surface area contributed by atoms with E-state index in [9.17, 15) is 22.8 Å². The standard InChI is InChI=1S/C18H20F3N3O3S/c1-11-9-14(24-27-11)22-16(26)12(2)28-10-15(25)23-17(3,18(19,20)21)13-7-5-4-6-8-13/h4-9,12H,10H2,1-3H3,(H,23,25)(H,22,24,26)/t12-,17-/m1/s1. The van der Waals surface area contributed by atoms with Crippen molar-refractivity contribution in [3.8, 4) is 0 Å². The lowest BCUT2D eigenvalue weighted by atomic mass is 9.91. The number of aryl methyl sites for hydroxylation is 1. The Morgan fingerprint density at radius 3 is 2.43 bits per heavy atom. The highest BCUT2D eigenvalue weighted by molar-refractivity contribution is 8.01. The normalized spacial score (nSPS) is 14.8. The average molecular weight is 415 g/mol. The number of halogens is 3. The third-order valence-electron chi connectivity index (χ3n) is 4.02. The predicted molar refractivity (Wildman–Crippen MR) is 99.8 cm³/mol. The van der Waals surface area contributed by atoms with Crippen LogP contribution in [0.25, 0.3) is 0 Å². The van der Waals surface area contributed by atoms with Crippen molar-refractivity contribution in [2.75, 3.05) is 11.1 Å². The number of hydrogen-bond acceptors (Lipinski definition) is 5. The van der Waals surface area contributed by atoms with Gasteiger partial charge in [0.15, 0.2) is 11.4 Å². The number of anilines is 1. The minimum Gasteiger partial charge on any atom is -0.360 e. The van der Waals surface area contributed by atoms with E-state index in [2.05, 4.69) is 15.8 Å². The van der Waals surface area contributed by atoms with Crippen LogP contribution in [0.1, 0.15) is 25.2 Å². The zero-order valence-corrected chi connectivity index (χ0v) is 16.3. The molecule has 2 aromatic rings. The summed E-state index contributed by atoms with van der Waals surface area (Å²) in [6.07, 6.45) is -4.69. The van der Waals surface area contributed by atoms with E-state index < -0.39 is 28.8 Å². The number of aromatic nitrogens is 1. The molecule has 28 heavy (non-hydrogen) atoms. The summed E-state index contributed by atoms with van der Waals surface area (Å²) in [5.74, 6) is -0.834. The van der Waals surface area contributed by atoms with Crippen molar-refractivity contribution < 1.29 is 27.3 Å². The van der Waals surface area contributed by atoms with Crippen LogP contribution in [0.5, 0.6) is 0 Å². The molecule has 0 aliphatic rings. The molecule has 0 aliphatic heterocycles. The van der Waals surface area contributed by atoms with E-state index in [0.29, 0.717) is 5.76 Å². The monoisotopic (exact) mass is 415 g/mol. The molecular formula is C18H20F3N3O3S. The van der Waals surface area contributed by atoms with E-state index in [-0.39, 0.29) is 17.1 Å². The van der Waals surface area contributed by atoms with Crippen LogP contribution in [-0.4, -0.2) is 34.2 Å². The molecule has 0 saturated heterocycles. The first-order valence-electron chi connectivity index (χ1n) is 8.32. The van der Waals surface area contributed by atoms with E-state index in [0.717, 1.165) is 18.7 Å². The Morgan fingerprint density at radius 1 is 1.25 bits per heavy atom. The quantitative estimate of drug-likeness (QED) is 0.721. The summed E-state index contributed by atoms with van der Waals surface area (Å²) in [6, 6.07) is 8.66.